The molecule has 0 saturated carbocycles. The maximum atomic E-state index is 13.3. The smallest absolute Gasteiger partial charge is 0.249 e. The maximum Gasteiger partial charge on any atom is 0.435 e. The van der Waals surface area contributed by atoms with E-state index in [1.54, 1.807) is 47.4 Å². The van der Waals surface area contributed by atoms with Crippen LogP contribution in [0.4, 0.5) is 13.2 Å². The molecule has 4 aromatic rings. The summed E-state index contributed by atoms with van der Waals surface area (Å²) in [5.41, 5.74) is 1.55. The van der Waals surface area contributed by atoms with Gasteiger partial charge in [0, 0.05) is 10.0 Å². The first-order valence-corrected chi connectivity index (χ1v) is 9.04. The average Bonchev–Trinajstić information content (AvgIpc) is 3.33. The molecule has 2 heterocycles. The maximum absolute atomic E-state index is 13.3. The monoisotopic (exact) mass is 447 g/mol. The molecule has 0 amide bonds. The Bertz CT molecular complexity index is 1070. The summed E-state index contributed by atoms with van der Waals surface area (Å²) in [6.45, 7) is 0.521. The molecule has 142 valence electrons. The van der Waals surface area contributed by atoms with Gasteiger partial charge in [-0.15, -0.1) is 0 Å². The highest BCUT2D eigenvalue weighted by atomic mass is 79.9. The van der Waals surface area contributed by atoms with Crippen molar-refractivity contribution in [3.8, 4) is 16.9 Å². The Hall–Kier alpha value is -2.94. The Morgan fingerprint density at radius 1 is 0.964 bits per heavy atom. The normalized spacial score (nSPS) is 11.7. The van der Waals surface area contributed by atoms with E-state index in [1.165, 1.54) is 11.0 Å². The van der Waals surface area contributed by atoms with Crippen molar-refractivity contribution in [3.63, 3.8) is 0 Å². The predicted molar refractivity (Wildman–Crippen MR) is 101 cm³/mol. The van der Waals surface area contributed by atoms with Crippen molar-refractivity contribution < 1.29 is 13.2 Å². The van der Waals surface area contributed by atoms with Crippen LogP contribution in [0.5, 0.6) is 0 Å². The number of aromatic nitrogens is 5. The molecule has 4 rings (SSSR count). The second-order valence-electron chi connectivity index (χ2n) is 6.09. The van der Waals surface area contributed by atoms with Gasteiger partial charge in [0.2, 0.25) is 0 Å². The first kappa shape index (κ1) is 18.4. The summed E-state index contributed by atoms with van der Waals surface area (Å²) in [5, 5.41) is 7.85. The highest BCUT2D eigenvalue weighted by molar-refractivity contribution is 9.10. The molecular weight excluding hydrogens is 435 g/mol. The van der Waals surface area contributed by atoms with Gasteiger partial charge in [0.05, 0.1) is 17.9 Å². The number of nitrogens with zero attached hydrogens (tertiary/aromatic N) is 5. The fourth-order valence-corrected chi connectivity index (χ4v) is 3.05. The first-order chi connectivity index (χ1) is 13.4. The zero-order valence-corrected chi connectivity index (χ0v) is 15.9. The fraction of sp³-hybridized carbons (Fsp3) is 0.105. The molecule has 0 bridgehead atoms. The number of rotatable bonds is 4. The number of hydrogen-bond acceptors (Lipinski definition) is 3. The van der Waals surface area contributed by atoms with Crippen LogP contribution in [0.25, 0.3) is 16.9 Å². The fourth-order valence-electron chi connectivity index (χ4n) is 2.79. The molecule has 0 N–H and O–H groups in total. The van der Waals surface area contributed by atoms with Crippen molar-refractivity contribution in [2.45, 2.75) is 12.7 Å². The van der Waals surface area contributed by atoms with E-state index in [-0.39, 0.29) is 0 Å². The summed E-state index contributed by atoms with van der Waals surface area (Å²) < 4.78 is 43.6. The summed E-state index contributed by atoms with van der Waals surface area (Å²) in [7, 11) is 0. The molecule has 5 nitrogen and oxygen atoms in total. The van der Waals surface area contributed by atoms with Crippen molar-refractivity contribution in [2.75, 3.05) is 0 Å². The van der Waals surface area contributed by atoms with Crippen molar-refractivity contribution in [3.05, 3.63) is 83.0 Å². The van der Waals surface area contributed by atoms with Crippen molar-refractivity contribution in [2.24, 2.45) is 0 Å². The van der Waals surface area contributed by atoms with Crippen molar-refractivity contribution in [1.29, 1.82) is 0 Å². The van der Waals surface area contributed by atoms with Crippen molar-refractivity contribution >= 4 is 15.9 Å². The molecule has 0 radical (unpaired) electrons. The number of hydrogen-bond donors (Lipinski definition) is 0. The van der Waals surface area contributed by atoms with Crippen LogP contribution >= 0.6 is 15.9 Å². The largest absolute Gasteiger partial charge is 0.435 e. The molecule has 2 aromatic heterocycles. The minimum Gasteiger partial charge on any atom is -0.249 e. The van der Waals surface area contributed by atoms with E-state index in [0.29, 0.717) is 23.5 Å². The Morgan fingerprint density at radius 2 is 1.68 bits per heavy atom. The molecule has 2 aromatic carbocycles. The third-order valence-electron chi connectivity index (χ3n) is 4.13. The third-order valence-corrected chi connectivity index (χ3v) is 4.66. The third kappa shape index (κ3) is 3.84. The van der Waals surface area contributed by atoms with Crippen LogP contribution in [-0.2, 0) is 12.7 Å². The molecule has 0 unspecified atom stereocenters. The summed E-state index contributed by atoms with van der Waals surface area (Å²) >= 11 is 3.34. The standard InChI is InChI=1S/C19H13BrF3N5/c20-15-5-3-14(4-6-15)17-9-18(19(21,22)23)26-28(17)16-7-1-13(2-8-16)10-27-12-24-11-25-27/h1-9,11-12H,10H2. The lowest BCUT2D eigenvalue weighted by Gasteiger charge is -2.09. The van der Waals surface area contributed by atoms with Gasteiger partial charge in [-0.3, -0.25) is 0 Å². The minimum atomic E-state index is -4.53. The van der Waals surface area contributed by atoms with Gasteiger partial charge in [0.25, 0.3) is 0 Å². The van der Waals surface area contributed by atoms with E-state index < -0.39 is 11.9 Å². The molecule has 0 aliphatic carbocycles. The second-order valence-corrected chi connectivity index (χ2v) is 7.01. The van der Waals surface area contributed by atoms with E-state index in [0.717, 1.165) is 16.1 Å². The van der Waals surface area contributed by atoms with Gasteiger partial charge in [-0.2, -0.15) is 23.4 Å². The summed E-state index contributed by atoms with van der Waals surface area (Å²) in [6.07, 6.45) is -1.48. The molecule has 0 aliphatic rings. The van der Waals surface area contributed by atoms with E-state index in [2.05, 4.69) is 31.1 Å². The summed E-state index contributed by atoms with van der Waals surface area (Å²) in [5.74, 6) is 0. The van der Waals surface area contributed by atoms with Gasteiger partial charge >= 0.3 is 6.18 Å². The summed E-state index contributed by atoms with van der Waals surface area (Å²) in [6, 6.07) is 15.3. The molecule has 0 spiro atoms. The Labute approximate surface area is 166 Å². The molecular formula is C19H13BrF3N5. The van der Waals surface area contributed by atoms with Crippen LogP contribution in [0, 0.1) is 0 Å². The van der Waals surface area contributed by atoms with Crippen LogP contribution in [0.3, 0.4) is 0 Å². The van der Waals surface area contributed by atoms with E-state index in [4.69, 9.17) is 0 Å². The van der Waals surface area contributed by atoms with Crippen LogP contribution < -0.4 is 0 Å². The lowest BCUT2D eigenvalue weighted by atomic mass is 10.1. The Morgan fingerprint density at radius 3 is 2.29 bits per heavy atom. The number of alkyl halides is 3. The second kappa shape index (κ2) is 7.23. The lowest BCUT2D eigenvalue weighted by Crippen LogP contribution is -2.07. The highest BCUT2D eigenvalue weighted by Crippen LogP contribution is 2.33. The van der Waals surface area contributed by atoms with Crippen LogP contribution in [0.2, 0.25) is 0 Å². The zero-order valence-electron chi connectivity index (χ0n) is 14.3. The highest BCUT2D eigenvalue weighted by Gasteiger charge is 2.35. The minimum absolute atomic E-state index is 0.365. The first-order valence-electron chi connectivity index (χ1n) is 8.25. The SMILES string of the molecule is FC(F)(F)c1cc(-c2ccc(Br)cc2)n(-c2ccc(Cn3cncn3)cc2)n1. The quantitative estimate of drug-likeness (QED) is 0.444. The number of halogens is 4. The molecule has 0 fully saturated rings. The van der Waals surface area contributed by atoms with Gasteiger partial charge in [-0.25, -0.2) is 14.3 Å². The Kier molecular flexibility index (Phi) is 4.76. The Balaban J connectivity index is 1.73. The van der Waals surface area contributed by atoms with E-state index >= 15 is 0 Å². The van der Waals surface area contributed by atoms with Gasteiger partial charge in [0.1, 0.15) is 12.7 Å². The van der Waals surface area contributed by atoms with Crippen LogP contribution in [0.1, 0.15) is 11.3 Å². The summed E-state index contributed by atoms with van der Waals surface area (Å²) in [4.78, 5) is 3.89. The van der Waals surface area contributed by atoms with E-state index in [9.17, 15) is 13.2 Å². The van der Waals surface area contributed by atoms with Crippen molar-refractivity contribution in [1.82, 2.24) is 24.5 Å². The van der Waals surface area contributed by atoms with Gasteiger partial charge in [0.15, 0.2) is 5.69 Å². The van der Waals surface area contributed by atoms with Gasteiger partial charge in [-0.1, -0.05) is 40.2 Å². The number of benzene rings is 2. The molecule has 28 heavy (non-hydrogen) atoms. The van der Waals surface area contributed by atoms with E-state index in [1.807, 2.05) is 12.1 Å². The van der Waals surface area contributed by atoms with Crippen LogP contribution in [0.15, 0.2) is 71.7 Å². The molecule has 0 saturated heterocycles. The topological polar surface area (TPSA) is 48.5 Å². The molecule has 0 aliphatic heterocycles. The molecule has 9 heteroatoms. The average molecular weight is 448 g/mol. The molecule has 0 atom stereocenters. The van der Waals surface area contributed by atoms with Crippen LogP contribution in [-0.4, -0.2) is 24.5 Å². The van der Waals surface area contributed by atoms with Gasteiger partial charge < -0.3 is 0 Å². The predicted octanol–water partition coefficient (Wildman–Crippen LogP) is 4.96. The zero-order chi connectivity index (χ0) is 19.7. The van der Waals surface area contributed by atoms with Gasteiger partial charge in [-0.05, 0) is 35.9 Å². The lowest BCUT2D eigenvalue weighted by molar-refractivity contribution is -0.141.